The second kappa shape index (κ2) is 6.52. The van der Waals surface area contributed by atoms with Gasteiger partial charge in [0.15, 0.2) is 0 Å². The zero-order valence-corrected chi connectivity index (χ0v) is 14.1. The molecular formula is C18H15N5O4. The molecule has 0 spiro atoms. The molecule has 2 N–H and O–H groups in total. The normalized spacial score (nSPS) is 19.9. The quantitative estimate of drug-likeness (QED) is 0.756. The summed E-state index contributed by atoms with van der Waals surface area (Å²) >= 11 is 0. The molecule has 4 amide bonds. The molecule has 0 aliphatic carbocycles. The minimum absolute atomic E-state index is 0.0834. The van der Waals surface area contributed by atoms with Crippen molar-refractivity contribution in [1.29, 1.82) is 0 Å². The lowest BCUT2D eigenvalue weighted by Crippen LogP contribution is -2.54. The van der Waals surface area contributed by atoms with Crippen LogP contribution in [0.5, 0.6) is 0 Å². The van der Waals surface area contributed by atoms with Crippen molar-refractivity contribution in [3.63, 3.8) is 0 Å². The average molecular weight is 365 g/mol. The first kappa shape index (κ1) is 16.7. The van der Waals surface area contributed by atoms with E-state index in [1.807, 2.05) is 22.9 Å². The first-order chi connectivity index (χ1) is 13.0. The summed E-state index contributed by atoms with van der Waals surface area (Å²) in [5.74, 6) is -2.20. The molecule has 0 saturated carbocycles. The third-order valence-corrected chi connectivity index (χ3v) is 4.43. The average Bonchev–Trinajstić information content (AvgIpc) is 3.26. The van der Waals surface area contributed by atoms with Gasteiger partial charge in [0.05, 0.1) is 6.33 Å². The van der Waals surface area contributed by atoms with Gasteiger partial charge in [-0.3, -0.25) is 29.4 Å². The number of piperidine rings is 1. The largest absolute Gasteiger partial charge is 0.351 e. The Kier molecular flexibility index (Phi) is 4.03. The number of hydrogen-bond acceptors (Lipinski definition) is 6. The zero-order valence-electron chi connectivity index (χ0n) is 14.1. The minimum Gasteiger partial charge on any atom is -0.351 e. The number of rotatable bonds is 4. The van der Waals surface area contributed by atoms with Crippen molar-refractivity contribution >= 4 is 29.3 Å². The summed E-state index contributed by atoms with van der Waals surface area (Å²) in [6, 6.07) is 6.24. The van der Waals surface area contributed by atoms with Gasteiger partial charge in [0, 0.05) is 36.3 Å². The van der Waals surface area contributed by atoms with Crippen LogP contribution < -0.4 is 10.6 Å². The molecule has 4 rings (SSSR count). The van der Waals surface area contributed by atoms with Crippen molar-refractivity contribution in [3.8, 4) is 5.69 Å². The Hall–Kier alpha value is -3.75. The summed E-state index contributed by atoms with van der Waals surface area (Å²) in [5.41, 5.74) is 1.60. The molecule has 3 heterocycles. The summed E-state index contributed by atoms with van der Waals surface area (Å²) in [6.45, 7) is 0. The second-order valence-electron chi connectivity index (χ2n) is 6.18. The van der Waals surface area contributed by atoms with E-state index in [9.17, 15) is 19.2 Å². The number of hydrogen-bond donors (Lipinski definition) is 2. The Morgan fingerprint density at radius 2 is 1.89 bits per heavy atom. The molecule has 9 heteroatoms. The monoisotopic (exact) mass is 365 g/mol. The van der Waals surface area contributed by atoms with Crippen molar-refractivity contribution in [3.05, 3.63) is 54.8 Å². The second-order valence-corrected chi connectivity index (χ2v) is 6.18. The van der Waals surface area contributed by atoms with Crippen LogP contribution in [0.15, 0.2) is 54.8 Å². The van der Waals surface area contributed by atoms with Crippen LogP contribution in [0.2, 0.25) is 0 Å². The summed E-state index contributed by atoms with van der Waals surface area (Å²) in [6.07, 6.45) is 6.53. The van der Waals surface area contributed by atoms with E-state index < -0.39 is 29.7 Å². The Morgan fingerprint density at radius 3 is 2.56 bits per heavy atom. The van der Waals surface area contributed by atoms with Gasteiger partial charge in [0.25, 0.3) is 11.8 Å². The Bertz CT molecular complexity index is 962. The van der Waals surface area contributed by atoms with Crippen LogP contribution in [0, 0.1) is 0 Å². The standard InChI is InChI=1S/C18H15N5O4/c24-15-6-5-14(17(26)21-15)23-16(25)9-13(18(23)27)20-11-1-3-12(4-2-11)22-8-7-19-10-22/h1-4,7-10,14,20H,5-6H2,(H,21,24,26). The predicted molar refractivity (Wildman–Crippen MR) is 93.3 cm³/mol. The fourth-order valence-corrected chi connectivity index (χ4v) is 3.08. The lowest BCUT2D eigenvalue weighted by atomic mass is 10.0. The van der Waals surface area contributed by atoms with E-state index in [4.69, 9.17) is 0 Å². The Balaban J connectivity index is 1.48. The highest BCUT2D eigenvalue weighted by Gasteiger charge is 2.42. The number of imidazole rings is 1. The molecule has 1 atom stereocenters. The SMILES string of the molecule is O=C1CCC(N2C(=O)C=C(Nc3ccc(-n4ccnc4)cc3)C2=O)C(=O)N1. The van der Waals surface area contributed by atoms with Gasteiger partial charge in [-0.1, -0.05) is 0 Å². The molecule has 2 aromatic rings. The smallest absolute Gasteiger partial charge is 0.278 e. The van der Waals surface area contributed by atoms with Gasteiger partial charge >= 0.3 is 0 Å². The van der Waals surface area contributed by atoms with Crippen LogP contribution in [-0.2, 0) is 19.2 Å². The third-order valence-electron chi connectivity index (χ3n) is 4.43. The maximum atomic E-state index is 12.6. The zero-order chi connectivity index (χ0) is 19.0. The van der Waals surface area contributed by atoms with Gasteiger partial charge in [-0.05, 0) is 30.7 Å². The highest BCUT2D eigenvalue weighted by atomic mass is 16.2. The van der Waals surface area contributed by atoms with Crippen molar-refractivity contribution in [2.75, 3.05) is 5.32 Å². The molecule has 2 aliphatic rings. The number of amides is 4. The summed E-state index contributed by atoms with van der Waals surface area (Å²) in [5, 5.41) is 5.07. The number of carbonyl (C=O) groups is 4. The highest BCUT2D eigenvalue weighted by Crippen LogP contribution is 2.23. The lowest BCUT2D eigenvalue weighted by molar-refractivity contribution is -0.149. The van der Waals surface area contributed by atoms with E-state index >= 15 is 0 Å². The van der Waals surface area contributed by atoms with Gasteiger partial charge < -0.3 is 9.88 Å². The van der Waals surface area contributed by atoms with Gasteiger partial charge in [0.1, 0.15) is 11.7 Å². The van der Waals surface area contributed by atoms with Crippen LogP contribution in [0.1, 0.15) is 12.8 Å². The van der Waals surface area contributed by atoms with E-state index in [-0.39, 0.29) is 18.5 Å². The molecule has 0 bridgehead atoms. The molecule has 1 unspecified atom stereocenters. The Labute approximate surface area is 153 Å². The highest BCUT2D eigenvalue weighted by molar-refractivity contribution is 6.20. The van der Waals surface area contributed by atoms with Crippen LogP contribution in [-0.4, -0.2) is 44.1 Å². The van der Waals surface area contributed by atoms with E-state index in [1.54, 1.807) is 24.7 Å². The van der Waals surface area contributed by atoms with Crippen molar-refractivity contribution in [2.45, 2.75) is 18.9 Å². The Morgan fingerprint density at radius 1 is 1.11 bits per heavy atom. The van der Waals surface area contributed by atoms with Crippen molar-refractivity contribution < 1.29 is 19.2 Å². The molecule has 1 fully saturated rings. The number of carbonyl (C=O) groups excluding carboxylic acids is 4. The molecular weight excluding hydrogens is 350 g/mol. The number of anilines is 1. The molecule has 1 aromatic carbocycles. The van der Waals surface area contributed by atoms with Gasteiger partial charge in [-0.25, -0.2) is 4.98 Å². The van der Waals surface area contributed by atoms with Gasteiger partial charge in [-0.15, -0.1) is 0 Å². The van der Waals surface area contributed by atoms with Gasteiger partial charge in [-0.2, -0.15) is 0 Å². The fourth-order valence-electron chi connectivity index (χ4n) is 3.08. The third kappa shape index (κ3) is 3.10. The maximum Gasteiger partial charge on any atom is 0.278 e. The molecule has 1 aromatic heterocycles. The van der Waals surface area contributed by atoms with E-state index in [1.165, 1.54) is 0 Å². The van der Waals surface area contributed by atoms with Gasteiger partial charge in [0.2, 0.25) is 11.8 Å². The van der Waals surface area contributed by atoms with E-state index in [0.29, 0.717) is 5.69 Å². The minimum atomic E-state index is -0.970. The van der Waals surface area contributed by atoms with E-state index in [0.717, 1.165) is 16.7 Å². The molecule has 9 nitrogen and oxygen atoms in total. The van der Waals surface area contributed by atoms with Crippen LogP contribution in [0.3, 0.4) is 0 Å². The van der Waals surface area contributed by atoms with Crippen molar-refractivity contribution in [1.82, 2.24) is 19.8 Å². The van der Waals surface area contributed by atoms with E-state index in [2.05, 4.69) is 15.6 Å². The van der Waals surface area contributed by atoms with Crippen molar-refractivity contribution in [2.24, 2.45) is 0 Å². The lowest BCUT2D eigenvalue weighted by Gasteiger charge is -2.28. The number of benzene rings is 1. The van der Waals surface area contributed by atoms with Crippen LogP contribution in [0.25, 0.3) is 5.69 Å². The summed E-state index contributed by atoms with van der Waals surface area (Å²) in [7, 11) is 0. The number of imide groups is 2. The molecule has 1 saturated heterocycles. The summed E-state index contributed by atoms with van der Waals surface area (Å²) < 4.78 is 1.83. The van der Waals surface area contributed by atoms with Crippen LogP contribution in [0.4, 0.5) is 5.69 Å². The van der Waals surface area contributed by atoms with Crippen LogP contribution >= 0.6 is 0 Å². The number of aromatic nitrogens is 2. The number of nitrogens with one attached hydrogen (secondary N) is 2. The molecule has 136 valence electrons. The first-order valence-electron chi connectivity index (χ1n) is 8.31. The molecule has 2 aliphatic heterocycles. The molecule has 0 radical (unpaired) electrons. The topological polar surface area (TPSA) is 113 Å². The number of nitrogens with zero attached hydrogens (tertiary/aromatic N) is 3. The molecule has 27 heavy (non-hydrogen) atoms. The fraction of sp³-hybridized carbons (Fsp3) is 0.167. The first-order valence-corrected chi connectivity index (χ1v) is 8.31. The maximum absolute atomic E-state index is 12.6. The summed E-state index contributed by atoms with van der Waals surface area (Å²) in [4.78, 5) is 52.9. The predicted octanol–water partition coefficient (Wildman–Crippen LogP) is 0.342.